The Labute approximate surface area is 165 Å². The molecule has 1 N–H and O–H groups in total. The van der Waals surface area contributed by atoms with Crippen molar-refractivity contribution in [2.45, 2.75) is 25.4 Å². The van der Waals surface area contributed by atoms with Gasteiger partial charge in [-0.15, -0.1) is 0 Å². The average molecular weight is 408 g/mol. The Kier molecular flexibility index (Phi) is 6.20. The number of amides is 2. The molecule has 2 amide bonds. The second-order valence-corrected chi connectivity index (χ2v) is 7.05. The molecule has 2 aromatic carbocycles. The van der Waals surface area contributed by atoms with Crippen LogP contribution in [0, 0.1) is 11.7 Å². The third-order valence-corrected chi connectivity index (χ3v) is 4.81. The average Bonchev–Trinajstić information content (AvgIpc) is 2.67. The molecule has 0 bridgehead atoms. The van der Waals surface area contributed by atoms with Gasteiger partial charge in [-0.05, 0) is 48.2 Å². The lowest BCUT2D eigenvalue weighted by Gasteiger charge is -2.32. The number of likely N-dealkylation sites (tertiary alicyclic amines) is 1. The third-order valence-electron chi connectivity index (χ3n) is 4.81. The van der Waals surface area contributed by atoms with E-state index in [4.69, 9.17) is 0 Å². The molecular formula is C21H20F4N2O2. The van der Waals surface area contributed by atoms with E-state index >= 15 is 0 Å². The summed E-state index contributed by atoms with van der Waals surface area (Å²) in [6.07, 6.45) is -5.10. The van der Waals surface area contributed by atoms with Crippen molar-refractivity contribution >= 4 is 17.5 Å². The molecule has 0 aromatic heterocycles. The maximum Gasteiger partial charge on any atom is 0.397 e. The molecule has 0 unspecified atom stereocenters. The lowest BCUT2D eigenvalue weighted by atomic mass is 9.96. The molecule has 3 rings (SSSR count). The highest BCUT2D eigenvalue weighted by molar-refractivity contribution is 5.93. The van der Waals surface area contributed by atoms with Gasteiger partial charge in [-0.3, -0.25) is 9.59 Å². The van der Waals surface area contributed by atoms with Crippen LogP contribution in [-0.4, -0.2) is 36.0 Å². The zero-order valence-electron chi connectivity index (χ0n) is 15.5. The van der Waals surface area contributed by atoms with E-state index in [1.54, 1.807) is 36.4 Å². The largest absolute Gasteiger partial charge is 0.397 e. The van der Waals surface area contributed by atoms with E-state index in [2.05, 4.69) is 5.32 Å². The first-order chi connectivity index (χ1) is 13.7. The van der Waals surface area contributed by atoms with Crippen LogP contribution in [0.2, 0.25) is 0 Å². The summed E-state index contributed by atoms with van der Waals surface area (Å²) in [7, 11) is 0. The van der Waals surface area contributed by atoms with E-state index in [0.29, 0.717) is 24.1 Å². The minimum absolute atomic E-state index is 0.0257. The molecule has 0 saturated carbocycles. The summed E-state index contributed by atoms with van der Waals surface area (Å²) < 4.78 is 50.6. The van der Waals surface area contributed by atoms with E-state index < -0.39 is 24.4 Å². The summed E-state index contributed by atoms with van der Waals surface area (Å²) in [4.78, 5) is 25.4. The van der Waals surface area contributed by atoms with Crippen LogP contribution in [0.4, 0.5) is 23.2 Å². The van der Waals surface area contributed by atoms with E-state index in [1.165, 1.54) is 12.1 Å². The number of hydrogen-bond acceptors (Lipinski definition) is 2. The van der Waals surface area contributed by atoms with Crippen LogP contribution < -0.4 is 5.32 Å². The fourth-order valence-electron chi connectivity index (χ4n) is 3.36. The molecule has 0 spiro atoms. The number of carbonyl (C=O) groups excluding carboxylic acids is 2. The summed E-state index contributed by atoms with van der Waals surface area (Å²) in [5.41, 5.74) is 2.01. The summed E-state index contributed by atoms with van der Waals surface area (Å²) in [6.45, 7) is 0.198. The highest BCUT2D eigenvalue weighted by Gasteiger charge is 2.36. The van der Waals surface area contributed by atoms with Crippen LogP contribution in [0.1, 0.15) is 19.3 Å². The van der Waals surface area contributed by atoms with Gasteiger partial charge >= 0.3 is 6.18 Å². The molecule has 0 radical (unpaired) electrons. The number of anilines is 1. The van der Waals surface area contributed by atoms with Crippen molar-refractivity contribution in [1.82, 2.24) is 4.90 Å². The predicted molar refractivity (Wildman–Crippen MR) is 100 cm³/mol. The molecule has 1 fully saturated rings. The molecule has 1 aliphatic rings. The van der Waals surface area contributed by atoms with Gasteiger partial charge in [0.1, 0.15) is 12.2 Å². The van der Waals surface area contributed by atoms with E-state index in [1.807, 2.05) is 0 Å². The Bertz CT molecular complexity index is 881. The Hall–Kier alpha value is -2.90. The summed E-state index contributed by atoms with van der Waals surface area (Å²) >= 11 is 0. The first kappa shape index (κ1) is 20.8. The van der Waals surface area contributed by atoms with Gasteiger partial charge in [0, 0.05) is 18.8 Å². The molecule has 4 nitrogen and oxygen atoms in total. The van der Waals surface area contributed by atoms with Crippen LogP contribution >= 0.6 is 0 Å². The summed E-state index contributed by atoms with van der Waals surface area (Å²) in [5.74, 6) is -2.26. The molecule has 0 aliphatic carbocycles. The molecule has 29 heavy (non-hydrogen) atoms. The molecule has 1 aliphatic heterocycles. The minimum Gasteiger partial charge on any atom is -0.342 e. The van der Waals surface area contributed by atoms with E-state index in [9.17, 15) is 27.2 Å². The Morgan fingerprint density at radius 3 is 2.45 bits per heavy atom. The van der Waals surface area contributed by atoms with Gasteiger partial charge in [-0.1, -0.05) is 24.3 Å². The van der Waals surface area contributed by atoms with Gasteiger partial charge in [-0.2, -0.15) is 13.2 Å². The fraction of sp³-hybridized carbons (Fsp3) is 0.333. The number of piperidine rings is 1. The van der Waals surface area contributed by atoms with Crippen molar-refractivity contribution in [3.8, 4) is 11.1 Å². The van der Waals surface area contributed by atoms with Gasteiger partial charge in [0.05, 0.1) is 5.92 Å². The van der Waals surface area contributed by atoms with Crippen LogP contribution in [0.15, 0.2) is 48.5 Å². The molecule has 8 heteroatoms. The Morgan fingerprint density at radius 2 is 1.79 bits per heavy atom. The third kappa shape index (κ3) is 5.79. The van der Waals surface area contributed by atoms with Crippen LogP contribution in [-0.2, 0) is 9.59 Å². The number of halogens is 4. The molecular weight excluding hydrogens is 388 g/mol. The van der Waals surface area contributed by atoms with Crippen LogP contribution in [0.5, 0.6) is 0 Å². The van der Waals surface area contributed by atoms with Crippen LogP contribution in [0.3, 0.4) is 0 Å². The second-order valence-electron chi connectivity index (χ2n) is 7.05. The first-order valence-electron chi connectivity index (χ1n) is 9.23. The zero-order chi connectivity index (χ0) is 21.0. The van der Waals surface area contributed by atoms with Crippen molar-refractivity contribution in [3.05, 3.63) is 54.3 Å². The van der Waals surface area contributed by atoms with Crippen molar-refractivity contribution < 1.29 is 27.2 Å². The quantitative estimate of drug-likeness (QED) is 0.751. The van der Waals surface area contributed by atoms with Crippen LogP contribution in [0.25, 0.3) is 11.1 Å². The maximum atomic E-state index is 13.3. The number of carbonyl (C=O) groups is 2. The summed E-state index contributed by atoms with van der Waals surface area (Å²) in [5, 5.41) is 2.74. The molecule has 2 aromatic rings. The fourth-order valence-corrected chi connectivity index (χ4v) is 3.36. The number of alkyl halides is 3. The SMILES string of the molecule is O=C(Nc1ccc(-c2cccc(F)c2)cc1)[C@@H]1CCCN(C(=O)CC(F)(F)F)C1. The van der Waals surface area contributed by atoms with Gasteiger partial charge in [0.25, 0.3) is 0 Å². The normalized spacial score (nSPS) is 17.1. The number of hydrogen-bond donors (Lipinski definition) is 1. The van der Waals surface area contributed by atoms with Crippen molar-refractivity contribution in [2.75, 3.05) is 18.4 Å². The van der Waals surface area contributed by atoms with Crippen molar-refractivity contribution in [2.24, 2.45) is 5.92 Å². The van der Waals surface area contributed by atoms with E-state index in [-0.39, 0.29) is 24.8 Å². The lowest BCUT2D eigenvalue weighted by molar-refractivity contribution is -0.162. The Morgan fingerprint density at radius 1 is 1.07 bits per heavy atom. The summed E-state index contributed by atoms with van der Waals surface area (Å²) in [6, 6.07) is 13.0. The lowest BCUT2D eigenvalue weighted by Crippen LogP contribution is -2.44. The monoisotopic (exact) mass is 408 g/mol. The van der Waals surface area contributed by atoms with Gasteiger partial charge in [-0.25, -0.2) is 4.39 Å². The molecule has 154 valence electrons. The maximum absolute atomic E-state index is 13.3. The Balaban J connectivity index is 1.60. The zero-order valence-corrected chi connectivity index (χ0v) is 15.5. The van der Waals surface area contributed by atoms with Gasteiger partial charge in [0.2, 0.25) is 11.8 Å². The van der Waals surface area contributed by atoms with Crippen molar-refractivity contribution in [3.63, 3.8) is 0 Å². The van der Waals surface area contributed by atoms with Crippen molar-refractivity contribution in [1.29, 1.82) is 0 Å². The highest BCUT2D eigenvalue weighted by atomic mass is 19.4. The molecule has 1 atom stereocenters. The number of nitrogens with zero attached hydrogens (tertiary/aromatic N) is 1. The number of nitrogens with one attached hydrogen (secondary N) is 1. The standard InChI is InChI=1S/C21H20F4N2O2/c22-17-5-1-3-15(11-17)14-6-8-18(9-7-14)26-20(29)16-4-2-10-27(13-16)19(28)12-21(23,24)25/h1,3,5-9,11,16H,2,4,10,12-13H2,(H,26,29)/t16-/m1/s1. The van der Waals surface area contributed by atoms with E-state index in [0.717, 1.165) is 10.5 Å². The smallest absolute Gasteiger partial charge is 0.342 e. The topological polar surface area (TPSA) is 49.4 Å². The van der Waals surface area contributed by atoms with Gasteiger partial charge < -0.3 is 10.2 Å². The molecule has 1 heterocycles. The van der Waals surface area contributed by atoms with Gasteiger partial charge in [0.15, 0.2) is 0 Å². The molecule has 1 saturated heterocycles. The predicted octanol–water partition coefficient (Wildman–Crippen LogP) is 4.62. The second kappa shape index (κ2) is 8.63. The number of rotatable bonds is 4. The highest BCUT2D eigenvalue weighted by Crippen LogP contribution is 2.25. The first-order valence-corrected chi connectivity index (χ1v) is 9.23. The number of benzene rings is 2. The minimum atomic E-state index is -4.56.